The van der Waals surface area contributed by atoms with Crippen molar-refractivity contribution in [1.29, 1.82) is 0 Å². The minimum absolute atomic E-state index is 0.0787. The SMILES string of the molecule is CC.Cc1nc(C)c(CC(=O)OC(C)C)c(C)c1Br. The Balaban J connectivity index is 0.00000154. The molecule has 0 N–H and O–H groups in total. The van der Waals surface area contributed by atoms with Gasteiger partial charge in [0.05, 0.1) is 18.2 Å². The maximum atomic E-state index is 11.7. The van der Waals surface area contributed by atoms with Crippen LogP contribution >= 0.6 is 15.9 Å². The third-order valence-corrected chi connectivity index (χ3v) is 3.73. The minimum Gasteiger partial charge on any atom is -0.463 e. The molecule has 0 bridgehead atoms. The third-order valence-electron chi connectivity index (χ3n) is 2.56. The van der Waals surface area contributed by atoms with Crippen molar-refractivity contribution in [3.05, 3.63) is 27.0 Å². The zero-order chi connectivity index (χ0) is 15.2. The number of ether oxygens (including phenoxy) is 1. The fourth-order valence-corrected chi connectivity index (χ4v) is 2.08. The van der Waals surface area contributed by atoms with Crippen molar-refractivity contribution in [3.8, 4) is 0 Å². The Hall–Kier alpha value is -0.900. The van der Waals surface area contributed by atoms with E-state index in [0.717, 1.165) is 27.0 Å². The normalized spacial score (nSPS) is 9.95. The molecule has 1 aromatic rings. The third kappa shape index (κ3) is 5.31. The molecule has 0 aliphatic carbocycles. The highest BCUT2D eigenvalue weighted by atomic mass is 79.9. The van der Waals surface area contributed by atoms with Gasteiger partial charge in [0.1, 0.15) is 0 Å². The Morgan fingerprint density at radius 2 is 1.74 bits per heavy atom. The second kappa shape index (κ2) is 8.31. The van der Waals surface area contributed by atoms with E-state index >= 15 is 0 Å². The predicted molar refractivity (Wildman–Crippen MR) is 82.4 cm³/mol. The summed E-state index contributed by atoms with van der Waals surface area (Å²) >= 11 is 3.49. The van der Waals surface area contributed by atoms with Crippen LogP contribution in [0.3, 0.4) is 0 Å². The van der Waals surface area contributed by atoms with Crippen LogP contribution in [0.2, 0.25) is 0 Å². The zero-order valence-electron chi connectivity index (χ0n) is 12.9. The van der Waals surface area contributed by atoms with Gasteiger partial charge in [-0.25, -0.2) is 0 Å². The number of esters is 1. The van der Waals surface area contributed by atoms with Gasteiger partial charge < -0.3 is 4.74 Å². The first-order chi connectivity index (χ1) is 8.82. The van der Waals surface area contributed by atoms with E-state index in [1.165, 1.54) is 0 Å². The first-order valence-corrected chi connectivity index (χ1v) is 7.43. The van der Waals surface area contributed by atoms with Gasteiger partial charge in [0.25, 0.3) is 0 Å². The van der Waals surface area contributed by atoms with E-state index in [-0.39, 0.29) is 18.5 Å². The molecule has 0 saturated heterocycles. The molecule has 0 spiro atoms. The first kappa shape index (κ1) is 18.1. The molecule has 0 fully saturated rings. The molecule has 0 aromatic carbocycles. The number of carbonyl (C=O) groups is 1. The Labute approximate surface area is 124 Å². The fourth-order valence-electron chi connectivity index (χ4n) is 1.75. The van der Waals surface area contributed by atoms with Crippen LogP contribution in [0.1, 0.15) is 50.2 Å². The number of hydrogen-bond donors (Lipinski definition) is 0. The molecule has 0 radical (unpaired) electrons. The summed E-state index contributed by atoms with van der Waals surface area (Å²) in [5.41, 5.74) is 3.86. The van der Waals surface area contributed by atoms with Gasteiger partial charge in [-0.2, -0.15) is 0 Å². The summed E-state index contributed by atoms with van der Waals surface area (Å²) in [6, 6.07) is 0. The van der Waals surface area contributed by atoms with Crippen molar-refractivity contribution in [2.24, 2.45) is 0 Å². The smallest absolute Gasteiger partial charge is 0.310 e. The van der Waals surface area contributed by atoms with Crippen LogP contribution in [-0.4, -0.2) is 17.1 Å². The van der Waals surface area contributed by atoms with Crippen LogP contribution in [0.25, 0.3) is 0 Å². The number of hydrogen-bond acceptors (Lipinski definition) is 3. The number of carbonyl (C=O) groups excluding carboxylic acids is 1. The zero-order valence-corrected chi connectivity index (χ0v) is 14.5. The second-order valence-electron chi connectivity index (χ2n) is 4.42. The van der Waals surface area contributed by atoms with Gasteiger partial charge in [-0.15, -0.1) is 0 Å². The number of nitrogens with zero attached hydrogens (tertiary/aromatic N) is 1. The standard InChI is InChI=1S/C13H18BrNO2.C2H6/c1-7(2)17-12(16)6-11-8(3)13(14)10(5)15-9(11)4;1-2/h7H,6H2,1-5H3;1-2H3. The summed E-state index contributed by atoms with van der Waals surface area (Å²) in [5.74, 6) is -0.205. The highest BCUT2D eigenvalue weighted by Gasteiger charge is 2.15. The van der Waals surface area contributed by atoms with Crippen LogP contribution in [0.15, 0.2) is 4.47 Å². The van der Waals surface area contributed by atoms with E-state index < -0.39 is 0 Å². The van der Waals surface area contributed by atoms with Crippen molar-refractivity contribution < 1.29 is 9.53 Å². The molecule has 19 heavy (non-hydrogen) atoms. The Morgan fingerprint density at radius 3 is 2.21 bits per heavy atom. The van der Waals surface area contributed by atoms with Gasteiger partial charge in [0, 0.05) is 10.2 Å². The average molecular weight is 330 g/mol. The summed E-state index contributed by atoms with van der Waals surface area (Å²) in [5, 5.41) is 0. The molecular weight excluding hydrogens is 306 g/mol. The molecule has 0 atom stereocenters. The van der Waals surface area contributed by atoms with Crippen molar-refractivity contribution >= 4 is 21.9 Å². The van der Waals surface area contributed by atoms with E-state index in [1.807, 2.05) is 48.5 Å². The van der Waals surface area contributed by atoms with Gasteiger partial charge >= 0.3 is 5.97 Å². The van der Waals surface area contributed by atoms with Crippen LogP contribution in [0.4, 0.5) is 0 Å². The van der Waals surface area contributed by atoms with Crippen molar-refractivity contribution in [1.82, 2.24) is 4.98 Å². The molecule has 108 valence electrons. The van der Waals surface area contributed by atoms with E-state index in [0.29, 0.717) is 0 Å². The Bertz CT molecular complexity index is 442. The summed E-state index contributed by atoms with van der Waals surface area (Å²) < 4.78 is 6.12. The molecule has 0 amide bonds. The summed E-state index contributed by atoms with van der Waals surface area (Å²) in [6.45, 7) is 13.6. The van der Waals surface area contributed by atoms with E-state index in [9.17, 15) is 4.79 Å². The van der Waals surface area contributed by atoms with Crippen LogP contribution in [-0.2, 0) is 16.0 Å². The van der Waals surface area contributed by atoms with E-state index in [1.54, 1.807) is 0 Å². The Morgan fingerprint density at radius 1 is 1.21 bits per heavy atom. The molecular formula is C15H24BrNO2. The summed E-state index contributed by atoms with van der Waals surface area (Å²) in [6.07, 6.45) is 0.201. The molecule has 1 heterocycles. The lowest BCUT2D eigenvalue weighted by molar-refractivity contribution is -0.146. The second-order valence-corrected chi connectivity index (χ2v) is 5.21. The molecule has 3 nitrogen and oxygen atoms in total. The number of aryl methyl sites for hydroxylation is 2. The highest BCUT2D eigenvalue weighted by molar-refractivity contribution is 9.10. The summed E-state index contributed by atoms with van der Waals surface area (Å²) in [4.78, 5) is 16.1. The summed E-state index contributed by atoms with van der Waals surface area (Å²) in [7, 11) is 0. The van der Waals surface area contributed by atoms with Crippen molar-refractivity contribution in [2.45, 2.75) is 61.0 Å². The lowest BCUT2D eigenvalue weighted by atomic mass is 10.0. The number of rotatable bonds is 3. The van der Waals surface area contributed by atoms with E-state index in [4.69, 9.17) is 4.74 Å². The van der Waals surface area contributed by atoms with Gasteiger partial charge in [-0.1, -0.05) is 13.8 Å². The molecule has 4 heteroatoms. The number of aromatic nitrogens is 1. The van der Waals surface area contributed by atoms with Crippen molar-refractivity contribution in [3.63, 3.8) is 0 Å². The molecule has 0 unspecified atom stereocenters. The largest absolute Gasteiger partial charge is 0.463 e. The Kier molecular flexibility index (Phi) is 7.91. The van der Waals surface area contributed by atoms with Gasteiger partial charge in [-0.3, -0.25) is 9.78 Å². The maximum absolute atomic E-state index is 11.7. The lowest BCUT2D eigenvalue weighted by Gasteiger charge is -2.13. The molecule has 1 rings (SSSR count). The van der Waals surface area contributed by atoms with Gasteiger partial charge in [0.15, 0.2) is 0 Å². The molecule has 0 saturated carbocycles. The maximum Gasteiger partial charge on any atom is 0.310 e. The molecule has 0 aliphatic heterocycles. The molecule has 1 aromatic heterocycles. The van der Waals surface area contributed by atoms with Gasteiger partial charge in [0.2, 0.25) is 0 Å². The van der Waals surface area contributed by atoms with Crippen LogP contribution in [0, 0.1) is 20.8 Å². The number of pyridine rings is 1. The highest BCUT2D eigenvalue weighted by Crippen LogP contribution is 2.25. The van der Waals surface area contributed by atoms with Crippen molar-refractivity contribution in [2.75, 3.05) is 0 Å². The minimum atomic E-state index is -0.205. The monoisotopic (exact) mass is 329 g/mol. The topological polar surface area (TPSA) is 39.2 Å². The quantitative estimate of drug-likeness (QED) is 0.776. The van der Waals surface area contributed by atoms with Crippen LogP contribution in [0.5, 0.6) is 0 Å². The number of halogens is 1. The van der Waals surface area contributed by atoms with E-state index in [2.05, 4.69) is 20.9 Å². The fraction of sp³-hybridized carbons (Fsp3) is 0.600. The average Bonchev–Trinajstić information content (AvgIpc) is 2.33. The first-order valence-electron chi connectivity index (χ1n) is 6.64. The van der Waals surface area contributed by atoms with Crippen LogP contribution < -0.4 is 0 Å². The predicted octanol–water partition coefficient (Wildman–Crippen LogP) is 4.29. The molecule has 0 aliphatic rings. The van der Waals surface area contributed by atoms with Gasteiger partial charge in [-0.05, 0) is 61.7 Å². The lowest BCUT2D eigenvalue weighted by Crippen LogP contribution is -2.15.